The van der Waals surface area contributed by atoms with Crippen molar-refractivity contribution >= 4 is 11.9 Å². The van der Waals surface area contributed by atoms with Crippen LogP contribution >= 0.6 is 0 Å². The van der Waals surface area contributed by atoms with E-state index in [1.54, 1.807) is 20.8 Å². The maximum absolute atomic E-state index is 13.9. The van der Waals surface area contributed by atoms with E-state index >= 15 is 0 Å². The van der Waals surface area contributed by atoms with Crippen molar-refractivity contribution < 1.29 is 28.2 Å². The van der Waals surface area contributed by atoms with Crippen molar-refractivity contribution in [1.29, 1.82) is 0 Å². The molecule has 39 heavy (non-hydrogen) atoms. The Hall–Kier alpha value is -2.88. The first-order valence-electron chi connectivity index (χ1n) is 13.5. The summed E-state index contributed by atoms with van der Waals surface area (Å²) in [5.41, 5.74) is 5.95. The summed E-state index contributed by atoms with van der Waals surface area (Å²) in [6.45, 7) is 9.53. The normalized spacial score (nSPS) is 14.8. The molecule has 9 heteroatoms. The Morgan fingerprint density at radius 3 is 2.26 bits per heavy atom. The van der Waals surface area contributed by atoms with Gasteiger partial charge in [-0.2, -0.15) is 0 Å². The number of aliphatic hydroxyl groups excluding tert-OH is 1. The lowest BCUT2D eigenvalue weighted by Crippen LogP contribution is -2.64. The molecule has 1 amide bonds. The molecule has 0 unspecified atom stereocenters. The molecule has 3 atom stereocenters. The molecule has 2 rings (SSSR count). The molecule has 0 saturated heterocycles. The third-order valence-corrected chi connectivity index (χ3v) is 6.33. The van der Waals surface area contributed by atoms with E-state index in [4.69, 9.17) is 10.5 Å². The minimum atomic E-state index is -2.00. The summed E-state index contributed by atoms with van der Waals surface area (Å²) >= 11 is 0. The highest BCUT2D eigenvalue weighted by molar-refractivity contribution is 6.07. The van der Waals surface area contributed by atoms with E-state index in [0.29, 0.717) is 19.4 Å². The van der Waals surface area contributed by atoms with Crippen molar-refractivity contribution in [2.24, 2.45) is 5.73 Å². The summed E-state index contributed by atoms with van der Waals surface area (Å²) < 4.78 is 33.3. The van der Waals surface area contributed by atoms with Gasteiger partial charge in [-0.25, -0.2) is 13.6 Å². The molecule has 5 N–H and O–H groups in total. The lowest BCUT2D eigenvalue weighted by atomic mass is 9.91. The van der Waals surface area contributed by atoms with Crippen LogP contribution in [0, 0.1) is 11.6 Å². The molecular weight excluding hydrogens is 504 g/mol. The third kappa shape index (κ3) is 10.3. The van der Waals surface area contributed by atoms with Crippen LogP contribution in [0.3, 0.4) is 0 Å². The standard InChI is InChI=1S/C30H43F2N3O4/c1-6-8-12-30(33,28(38)39-29(3,4)5)27(37)35-25(16-22-14-23(31)17-24(32)15-22)26(36)19-34-18-21-11-9-10-20(7-2)13-21/h9-11,13-15,17,25-26,34,36H,6-8,12,16,18-19,33H2,1-5H3,(H,35,37)/t25-,26+,30+/m0/s1. The number of ether oxygens (including phenoxy) is 1. The first-order chi connectivity index (χ1) is 18.3. The largest absolute Gasteiger partial charge is 0.458 e. The molecule has 7 nitrogen and oxygen atoms in total. The van der Waals surface area contributed by atoms with E-state index in [-0.39, 0.29) is 24.9 Å². The molecule has 0 radical (unpaired) electrons. The Morgan fingerprint density at radius 2 is 1.67 bits per heavy atom. The summed E-state index contributed by atoms with van der Waals surface area (Å²) in [5.74, 6) is -3.24. The maximum Gasteiger partial charge on any atom is 0.336 e. The van der Waals surface area contributed by atoms with Gasteiger partial charge in [-0.3, -0.25) is 4.79 Å². The average molecular weight is 548 g/mol. The van der Waals surface area contributed by atoms with Gasteiger partial charge in [0, 0.05) is 19.2 Å². The number of aryl methyl sites for hydroxylation is 1. The number of carbonyl (C=O) groups excluding carboxylic acids is 2. The number of hydrogen-bond acceptors (Lipinski definition) is 6. The van der Waals surface area contributed by atoms with Crippen molar-refractivity contribution in [1.82, 2.24) is 10.6 Å². The molecule has 0 heterocycles. The van der Waals surface area contributed by atoms with E-state index in [1.165, 1.54) is 5.56 Å². The summed E-state index contributed by atoms with van der Waals surface area (Å²) in [4.78, 5) is 26.5. The van der Waals surface area contributed by atoms with Crippen molar-refractivity contribution in [3.05, 3.63) is 70.8 Å². The van der Waals surface area contributed by atoms with Crippen LogP contribution in [0.25, 0.3) is 0 Å². The number of benzene rings is 2. The molecule has 0 fully saturated rings. The van der Waals surface area contributed by atoms with Gasteiger partial charge in [0.1, 0.15) is 17.2 Å². The van der Waals surface area contributed by atoms with E-state index < -0.39 is 46.8 Å². The molecular formula is C30H43F2N3O4. The zero-order chi connectivity index (χ0) is 29.2. The fraction of sp³-hybridized carbons (Fsp3) is 0.533. The van der Waals surface area contributed by atoms with Crippen molar-refractivity contribution in [2.75, 3.05) is 6.54 Å². The van der Waals surface area contributed by atoms with Crippen LogP contribution in [0.15, 0.2) is 42.5 Å². The van der Waals surface area contributed by atoms with Gasteiger partial charge < -0.3 is 26.2 Å². The summed E-state index contributed by atoms with van der Waals surface area (Å²) in [6, 6.07) is 10.0. The highest BCUT2D eigenvalue weighted by Gasteiger charge is 2.45. The molecule has 0 aliphatic rings. The molecule has 0 saturated carbocycles. The first-order valence-corrected chi connectivity index (χ1v) is 13.5. The van der Waals surface area contributed by atoms with Gasteiger partial charge in [0.25, 0.3) is 5.91 Å². The number of nitrogens with two attached hydrogens (primary N) is 1. The van der Waals surface area contributed by atoms with E-state index in [1.807, 2.05) is 25.1 Å². The number of hydrogen-bond donors (Lipinski definition) is 4. The zero-order valence-corrected chi connectivity index (χ0v) is 23.7. The van der Waals surface area contributed by atoms with Crippen LogP contribution in [0.1, 0.15) is 70.6 Å². The van der Waals surface area contributed by atoms with Crippen LogP contribution in [-0.2, 0) is 33.7 Å². The molecule has 2 aromatic carbocycles. The number of carbonyl (C=O) groups is 2. The quantitative estimate of drug-likeness (QED) is 0.211. The Morgan fingerprint density at radius 1 is 1.03 bits per heavy atom. The van der Waals surface area contributed by atoms with Gasteiger partial charge in [0.2, 0.25) is 0 Å². The number of amides is 1. The summed E-state index contributed by atoms with van der Waals surface area (Å²) in [5, 5.41) is 16.9. The Labute approximate surface area is 230 Å². The molecule has 216 valence electrons. The molecule has 2 aromatic rings. The van der Waals surface area contributed by atoms with Gasteiger partial charge >= 0.3 is 5.97 Å². The summed E-state index contributed by atoms with van der Waals surface area (Å²) in [7, 11) is 0. The van der Waals surface area contributed by atoms with Crippen LogP contribution in [-0.4, -0.2) is 46.8 Å². The second-order valence-electron chi connectivity index (χ2n) is 11.0. The minimum absolute atomic E-state index is 0.0354. The molecule has 0 aliphatic carbocycles. The number of aliphatic hydroxyl groups is 1. The molecule has 0 aromatic heterocycles. The summed E-state index contributed by atoms with van der Waals surface area (Å²) in [6.07, 6.45) is 0.853. The van der Waals surface area contributed by atoms with Crippen molar-refractivity contribution in [2.45, 2.75) is 96.6 Å². The number of halogens is 2. The van der Waals surface area contributed by atoms with Crippen LogP contribution in [0.2, 0.25) is 0 Å². The number of rotatable bonds is 14. The maximum atomic E-state index is 13.9. The fourth-order valence-corrected chi connectivity index (χ4v) is 4.16. The minimum Gasteiger partial charge on any atom is -0.458 e. The van der Waals surface area contributed by atoms with Crippen LogP contribution in [0.5, 0.6) is 0 Å². The molecule has 0 spiro atoms. The monoisotopic (exact) mass is 547 g/mol. The predicted molar refractivity (Wildman–Crippen MR) is 148 cm³/mol. The van der Waals surface area contributed by atoms with E-state index in [0.717, 1.165) is 30.2 Å². The highest BCUT2D eigenvalue weighted by Crippen LogP contribution is 2.20. The van der Waals surface area contributed by atoms with Gasteiger partial charge in [-0.1, -0.05) is 51.0 Å². The number of unbranched alkanes of at least 4 members (excludes halogenated alkanes) is 1. The Balaban J connectivity index is 2.26. The smallest absolute Gasteiger partial charge is 0.336 e. The fourth-order valence-electron chi connectivity index (χ4n) is 4.16. The first kappa shape index (κ1) is 32.3. The second kappa shape index (κ2) is 14.5. The van der Waals surface area contributed by atoms with Gasteiger partial charge in [-0.05, 0) is 68.9 Å². The molecule has 0 aliphatic heterocycles. The SMILES string of the molecule is CCCC[C@@](N)(C(=O)N[C@@H](Cc1cc(F)cc(F)c1)[C@H](O)CNCc1cccc(CC)c1)C(=O)OC(C)(C)C. The Bertz CT molecular complexity index is 1090. The topological polar surface area (TPSA) is 114 Å². The van der Waals surface area contributed by atoms with Gasteiger partial charge in [-0.15, -0.1) is 0 Å². The van der Waals surface area contributed by atoms with Crippen molar-refractivity contribution in [3.8, 4) is 0 Å². The van der Waals surface area contributed by atoms with Gasteiger partial charge in [0.05, 0.1) is 12.1 Å². The Kier molecular flexibility index (Phi) is 12.0. The van der Waals surface area contributed by atoms with Gasteiger partial charge in [0.15, 0.2) is 5.54 Å². The second-order valence-corrected chi connectivity index (χ2v) is 11.0. The van der Waals surface area contributed by atoms with Crippen molar-refractivity contribution in [3.63, 3.8) is 0 Å². The van der Waals surface area contributed by atoms with E-state index in [9.17, 15) is 23.5 Å². The van der Waals surface area contributed by atoms with Crippen LogP contribution < -0.4 is 16.4 Å². The highest BCUT2D eigenvalue weighted by atomic mass is 19.1. The van der Waals surface area contributed by atoms with Crippen LogP contribution in [0.4, 0.5) is 8.78 Å². The number of nitrogens with one attached hydrogen (secondary N) is 2. The third-order valence-electron chi connectivity index (χ3n) is 6.33. The van der Waals surface area contributed by atoms with E-state index in [2.05, 4.69) is 23.6 Å². The lowest BCUT2D eigenvalue weighted by Gasteiger charge is -2.33. The lowest BCUT2D eigenvalue weighted by molar-refractivity contribution is -0.165. The zero-order valence-electron chi connectivity index (χ0n) is 23.7. The average Bonchev–Trinajstić information content (AvgIpc) is 2.85. The predicted octanol–water partition coefficient (Wildman–Crippen LogP) is 3.93. The molecule has 0 bridgehead atoms. The number of esters is 1.